The number of anilines is 1. The third kappa shape index (κ3) is 0.949. The molecule has 1 amide bonds. The van der Waals surface area contributed by atoms with E-state index in [1.165, 1.54) is 10.9 Å². The Morgan fingerprint density at radius 2 is 2.20 bits per heavy atom. The molecule has 15 heavy (non-hydrogen) atoms. The summed E-state index contributed by atoms with van der Waals surface area (Å²) in [6.45, 7) is 0. The SMILES string of the molecule is O=C1Nc2c(Br)cnn2C(=O)C12CCC2. The third-order valence-corrected chi connectivity index (χ3v) is 3.78. The Labute approximate surface area is 94.0 Å². The summed E-state index contributed by atoms with van der Waals surface area (Å²) in [6.07, 6.45) is 3.71. The van der Waals surface area contributed by atoms with Gasteiger partial charge in [-0.1, -0.05) is 6.42 Å². The number of amides is 1. The first-order valence-corrected chi connectivity index (χ1v) is 5.54. The van der Waals surface area contributed by atoms with Crippen molar-refractivity contribution in [2.24, 2.45) is 5.41 Å². The summed E-state index contributed by atoms with van der Waals surface area (Å²) in [4.78, 5) is 23.9. The van der Waals surface area contributed by atoms with Gasteiger partial charge in [-0.15, -0.1) is 0 Å². The zero-order chi connectivity index (χ0) is 10.6. The lowest BCUT2D eigenvalue weighted by Crippen LogP contribution is -2.54. The van der Waals surface area contributed by atoms with Crippen LogP contribution in [0.5, 0.6) is 0 Å². The Balaban J connectivity index is 2.16. The first-order valence-electron chi connectivity index (χ1n) is 4.75. The van der Waals surface area contributed by atoms with E-state index in [9.17, 15) is 9.59 Å². The summed E-state index contributed by atoms with van der Waals surface area (Å²) in [6, 6.07) is 0. The lowest BCUT2D eigenvalue weighted by Gasteiger charge is -2.40. The molecule has 1 aromatic heterocycles. The van der Waals surface area contributed by atoms with Crippen LogP contribution >= 0.6 is 15.9 Å². The quantitative estimate of drug-likeness (QED) is 0.725. The molecule has 0 unspecified atom stereocenters. The van der Waals surface area contributed by atoms with Gasteiger partial charge in [0.1, 0.15) is 5.41 Å². The molecule has 0 aromatic carbocycles. The molecule has 0 atom stereocenters. The van der Waals surface area contributed by atoms with E-state index in [-0.39, 0.29) is 11.8 Å². The summed E-state index contributed by atoms with van der Waals surface area (Å²) in [5, 5.41) is 6.68. The normalized spacial score (nSPS) is 22.2. The summed E-state index contributed by atoms with van der Waals surface area (Å²) >= 11 is 3.23. The average Bonchev–Trinajstić information content (AvgIpc) is 2.46. The summed E-state index contributed by atoms with van der Waals surface area (Å²) < 4.78 is 1.92. The van der Waals surface area contributed by atoms with Gasteiger partial charge in [-0.3, -0.25) is 9.59 Å². The smallest absolute Gasteiger partial charge is 0.264 e. The third-order valence-electron chi connectivity index (χ3n) is 3.20. The van der Waals surface area contributed by atoms with Crippen LogP contribution in [0, 0.1) is 5.41 Å². The average molecular weight is 270 g/mol. The van der Waals surface area contributed by atoms with Crippen LogP contribution in [0.4, 0.5) is 5.82 Å². The fraction of sp³-hybridized carbons (Fsp3) is 0.444. The van der Waals surface area contributed by atoms with E-state index in [1.807, 2.05) is 0 Å². The van der Waals surface area contributed by atoms with Crippen LogP contribution in [0.1, 0.15) is 24.1 Å². The van der Waals surface area contributed by atoms with Gasteiger partial charge in [-0.05, 0) is 28.8 Å². The summed E-state index contributed by atoms with van der Waals surface area (Å²) in [5.41, 5.74) is -0.835. The molecular formula is C9H8BrN3O2. The van der Waals surface area contributed by atoms with Crippen LogP contribution in [0.25, 0.3) is 0 Å². The standard InChI is InChI=1S/C9H8BrN3O2/c10-5-4-11-13-6(5)12-7(14)9(8(13)15)2-1-3-9/h4H,1-3H2,(H,12,14). The summed E-state index contributed by atoms with van der Waals surface area (Å²) in [7, 11) is 0. The Bertz CT molecular complexity index is 476. The molecule has 0 bridgehead atoms. The number of carbonyl (C=O) groups is 2. The maximum atomic E-state index is 12.1. The maximum Gasteiger partial charge on any atom is 0.264 e. The fourth-order valence-electron chi connectivity index (χ4n) is 2.09. The molecule has 1 N–H and O–H groups in total. The van der Waals surface area contributed by atoms with Crippen LogP contribution in [-0.2, 0) is 4.79 Å². The van der Waals surface area contributed by atoms with Gasteiger partial charge in [-0.25, -0.2) is 0 Å². The number of fused-ring (bicyclic) bond motifs is 1. The lowest BCUT2D eigenvalue weighted by atomic mass is 9.66. The van der Waals surface area contributed by atoms with Gasteiger partial charge in [0.05, 0.1) is 10.7 Å². The molecule has 1 spiro atoms. The number of carbonyl (C=O) groups excluding carboxylic acids is 2. The zero-order valence-electron chi connectivity index (χ0n) is 7.79. The second-order valence-corrected chi connectivity index (χ2v) is 4.80. The Morgan fingerprint density at radius 3 is 2.80 bits per heavy atom. The molecular weight excluding hydrogens is 262 g/mol. The Hall–Kier alpha value is -1.17. The van der Waals surface area contributed by atoms with Gasteiger partial charge >= 0.3 is 0 Å². The second-order valence-electron chi connectivity index (χ2n) is 3.95. The molecule has 1 fully saturated rings. The molecule has 1 aliphatic carbocycles. The molecule has 3 rings (SSSR count). The molecule has 1 aliphatic heterocycles. The topological polar surface area (TPSA) is 64.0 Å². The van der Waals surface area contributed by atoms with Crippen molar-refractivity contribution in [1.29, 1.82) is 0 Å². The second kappa shape index (κ2) is 2.69. The van der Waals surface area contributed by atoms with E-state index < -0.39 is 5.41 Å². The molecule has 2 heterocycles. The van der Waals surface area contributed by atoms with Crippen LogP contribution in [0.15, 0.2) is 10.7 Å². The molecule has 0 radical (unpaired) electrons. The van der Waals surface area contributed by atoms with Crippen LogP contribution in [0.2, 0.25) is 0 Å². The number of halogens is 1. The van der Waals surface area contributed by atoms with Crippen LogP contribution < -0.4 is 5.32 Å². The number of rotatable bonds is 0. The zero-order valence-corrected chi connectivity index (χ0v) is 9.37. The highest BCUT2D eigenvalue weighted by molar-refractivity contribution is 9.10. The van der Waals surface area contributed by atoms with Crippen molar-refractivity contribution in [2.75, 3.05) is 5.32 Å². The van der Waals surface area contributed by atoms with Crippen molar-refractivity contribution < 1.29 is 9.59 Å². The van der Waals surface area contributed by atoms with Gasteiger partial charge in [0.15, 0.2) is 5.82 Å². The minimum atomic E-state index is -0.835. The van der Waals surface area contributed by atoms with Crippen LogP contribution in [0.3, 0.4) is 0 Å². The number of hydrogen-bond acceptors (Lipinski definition) is 3. The number of nitrogens with zero attached hydrogens (tertiary/aromatic N) is 2. The monoisotopic (exact) mass is 269 g/mol. The molecule has 1 saturated carbocycles. The van der Waals surface area contributed by atoms with Crippen molar-refractivity contribution >= 4 is 33.6 Å². The minimum Gasteiger partial charge on any atom is -0.309 e. The van der Waals surface area contributed by atoms with E-state index >= 15 is 0 Å². The molecule has 0 saturated heterocycles. The highest BCUT2D eigenvalue weighted by Crippen LogP contribution is 2.46. The highest BCUT2D eigenvalue weighted by atomic mass is 79.9. The van der Waals surface area contributed by atoms with Gasteiger partial charge in [0.2, 0.25) is 5.91 Å². The molecule has 5 nitrogen and oxygen atoms in total. The molecule has 1 aromatic rings. The first-order chi connectivity index (χ1) is 7.15. The van der Waals surface area contributed by atoms with E-state index in [0.717, 1.165) is 6.42 Å². The van der Waals surface area contributed by atoms with Crippen molar-refractivity contribution in [3.8, 4) is 0 Å². The highest BCUT2D eigenvalue weighted by Gasteiger charge is 2.55. The van der Waals surface area contributed by atoms with Crippen molar-refractivity contribution in [3.63, 3.8) is 0 Å². The molecule has 2 aliphatic rings. The number of aromatic nitrogens is 2. The van der Waals surface area contributed by atoms with Crippen LogP contribution in [-0.4, -0.2) is 21.6 Å². The predicted molar refractivity (Wildman–Crippen MR) is 55.5 cm³/mol. The molecule has 78 valence electrons. The van der Waals surface area contributed by atoms with Gasteiger partial charge in [-0.2, -0.15) is 9.78 Å². The number of hydrogen-bond donors (Lipinski definition) is 1. The number of nitrogens with one attached hydrogen (secondary N) is 1. The first kappa shape index (κ1) is 9.08. The molecule has 6 heteroatoms. The van der Waals surface area contributed by atoms with E-state index in [0.29, 0.717) is 23.1 Å². The Kier molecular flexibility index (Phi) is 1.63. The fourth-order valence-corrected chi connectivity index (χ4v) is 2.45. The predicted octanol–water partition coefficient (Wildman–Crippen LogP) is 1.41. The van der Waals surface area contributed by atoms with Gasteiger partial charge in [0, 0.05) is 0 Å². The Morgan fingerprint density at radius 1 is 1.47 bits per heavy atom. The van der Waals surface area contributed by atoms with Crippen molar-refractivity contribution in [1.82, 2.24) is 9.78 Å². The van der Waals surface area contributed by atoms with Crippen molar-refractivity contribution in [3.05, 3.63) is 10.7 Å². The van der Waals surface area contributed by atoms with Gasteiger partial charge in [0.25, 0.3) is 5.91 Å². The van der Waals surface area contributed by atoms with E-state index in [4.69, 9.17) is 0 Å². The van der Waals surface area contributed by atoms with Gasteiger partial charge < -0.3 is 5.32 Å². The summed E-state index contributed by atoms with van der Waals surface area (Å²) in [5.74, 6) is 0.0631. The largest absolute Gasteiger partial charge is 0.309 e. The maximum absolute atomic E-state index is 12.1. The van der Waals surface area contributed by atoms with E-state index in [1.54, 1.807) is 0 Å². The minimum absolute atomic E-state index is 0.188. The lowest BCUT2D eigenvalue weighted by molar-refractivity contribution is -0.127. The van der Waals surface area contributed by atoms with Crippen molar-refractivity contribution in [2.45, 2.75) is 19.3 Å². The van der Waals surface area contributed by atoms with E-state index in [2.05, 4.69) is 26.3 Å².